The lowest BCUT2D eigenvalue weighted by atomic mass is 9.59. The fourth-order valence-corrected chi connectivity index (χ4v) is 9.72. The third kappa shape index (κ3) is 7.10. The summed E-state index contributed by atoms with van der Waals surface area (Å²) in [4.78, 5) is 40.6. The minimum absolute atomic E-state index is 0.104. The van der Waals surface area contributed by atoms with Crippen LogP contribution in [-0.2, 0) is 23.9 Å². The van der Waals surface area contributed by atoms with Crippen LogP contribution in [0.3, 0.4) is 0 Å². The van der Waals surface area contributed by atoms with Crippen molar-refractivity contribution < 1.29 is 39.2 Å². The fraction of sp³-hybridized carbons (Fsp3) is 0.825. The van der Waals surface area contributed by atoms with Crippen molar-refractivity contribution in [2.45, 2.75) is 174 Å². The molecule has 2 saturated carbocycles. The molecule has 4 aliphatic rings. The van der Waals surface area contributed by atoms with Gasteiger partial charge in [0.1, 0.15) is 11.7 Å². The van der Waals surface area contributed by atoms with Crippen LogP contribution < -0.4 is 0 Å². The molecule has 0 aromatic heterocycles. The van der Waals surface area contributed by atoms with E-state index in [2.05, 4.69) is 13.8 Å². The summed E-state index contributed by atoms with van der Waals surface area (Å²) in [6.07, 6.45) is 17.8. The van der Waals surface area contributed by atoms with E-state index >= 15 is 0 Å². The Morgan fingerprint density at radius 2 is 1.35 bits per heavy atom. The smallest absolute Gasteiger partial charge is 0.306 e. The van der Waals surface area contributed by atoms with Gasteiger partial charge in [0, 0.05) is 48.3 Å². The van der Waals surface area contributed by atoms with Gasteiger partial charge in [-0.3, -0.25) is 14.4 Å². The van der Waals surface area contributed by atoms with Crippen LogP contribution in [0.2, 0.25) is 0 Å². The highest BCUT2D eigenvalue weighted by molar-refractivity contribution is 6.04. The summed E-state index contributed by atoms with van der Waals surface area (Å²) in [5.74, 6) is -4.11. The maximum absolute atomic E-state index is 13.6. The van der Waals surface area contributed by atoms with E-state index in [1.54, 1.807) is 26.0 Å². The predicted octanol–water partition coefficient (Wildman–Crippen LogP) is 7.31. The molecule has 0 aliphatic heterocycles. The lowest BCUT2D eigenvalue weighted by molar-refractivity contribution is -0.229. The second-order valence-electron chi connectivity index (χ2n) is 16.1. The zero-order chi connectivity index (χ0) is 35.3. The predicted molar refractivity (Wildman–Crippen MR) is 186 cm³/mol. The number of Topliss-reactive ketones (excluding diaryl/α,β-unsaturated/α-hetero) is 1. The molecular weight excluding hydrogens is 608 g/mol. The monoisotopic (exact) mass is 672 g/mol. The van der Waals surface area contributed by atoms with Crippen LogP contribution in [0.15, 0.2) is 23.3 Å². The Labute approximate surface area is 289 Å². The molecule has 3 unspecified atom stereocenters. The number of aliphatic hydroxyl groups excluding tert-OH is 1. The van der Waals surface area contributed by atoms with Crippen LogP contribution >= 0.6 is 0 Å². The van der Waals surface area contributed by atoms with Gasteiger partial charge in [-0.2, -0.15) is 0 Å². The summed E-state index contributed by atoms with van der Waals surface area (Å²) >= 11 is 0. The van der Waals surface area contributed by atoms with Gasteiger partial charge in [0.15, 0.2) is 11.4 Å². The van der Waals surface area contributed by atoms with Crippen molar-refractivity contribution in [3.05, 3.63) is 23.3 Å². The molecule has 0 radical (unpaired) electrons. The summed E-state index contributed by atoms with van der Waals surface area (Å²) in [5.41, 5.74) is -4.71. The van der Waals surface area contributed by atoms with E-state index in [1.165, 1.54) is 38.5 Å². The number of hydrogen-bond acceptors (Lipinski definition) is 8. The molecule has 272 valence electrons. The SMILES string of the molecule is CCCCCCCCCC(=O)O[C@@H]1[C@@H](C)[C@@]2(O)C(C=C(CO)C[C@@]3(O)C(=O)C(C)=CC23)C2C(C)(C)[C@@]21OC(=O)CCCCCCCCC. The number of rotatable bonds is 19. The largest absolute Gasteiger partial charge is 0.458 e. The molecule has 0 amide bonds. The quantitative estimate of drug-likeness (QED) is 0.0740. The van der Waals surface area contributed by atoms with Crippen molar-refractivity contribution in [1.82, 2.24) is 0 Å². The maximum Gasteiger partial charge on any atom is 0.306 e. The van der Waals surface area contributed by atoms with Crippen LogP contribution in [0.1, 0.15) is 151 Å². The summed E-state index contributed by atoms with van der Waals surface area (Å²) < 4.78 is 12.8. The third-order valence-corrected chi connectivity index (χ3v) is 12.5. The van der Waals surface area contributed by atoms with Crippen molar-refractivity contribution in [3.63, 3.8) is 0 Å². The summed E-state index contributed by atoms with van der Waals surface area (Å²) in [7, 11) is 0. The highest BCUT2D eigenvalue weighted by Gasteiger charge is 2.87. The Hall–Kier alpha value is -2.03. The number of ketones is 1. The summed E-state index contributed by atoms with van der Waals surface area (Å²) in [6.45, 7) is 11.4. The van der Waals surface area contributed by atoms with Crippen LogP contribution in [0.25, 0.3) is 0 Å². The number of aliphatic hydroxyl groups is 3. The minimum atomic E-state index is -1.93. The van der Waals surface area contributed by atoms with Gasteiger partial charge in [-0.1, -0.05) is 124 Å². The second-order valence-corrected chi connectivity index (χ2v) is 16.1. The van der Waals surface area contributed by atoms with E-state index in [0.717, 1.165) is 38.5 Å². The fourth-order valence-electron chi connectivity index (χ4n) is 9.72. The molecule has 0 bridgehead atoms. The van der Waals surface area contributed by atoms with Gasteiger partial charge in [-0.15, -0.1) is 0 Å². The Bertz CT molecular complexity index is 1220. The molecule has 0 saturated heterocycles. The maximum atomic E-state index is 13.6. The lowest BCUT2D eigenvalue weighted by Crippen LogP contribution is -2.66. The average molecular weight is 673 g/mol. The number of ether oxygens (including phenoxy) is 2. The lowest BCUT2D eigenvalue weighted by Gasteiger charge is -2.53. The Balaban J connectivity index is 1.62. The minimum Gasteiger partial charge on any atom is -0.458 e. The second kappa shape index (κ2) is 15.9. The third-order valence-electron chi connectivity index (χ3n) is 12.5. The van der Waals surface area contributed by atoms with Gasteiger partial charge in [0.05, 0.1) is 12.2 Å². The highest BCUT2D eigenvalue weighted by atomic mass is 16.6. The number of unbranched alkanes of at least 4 members (excludes halogenated alkanes) is 12. The first-order valence-electron chi connectivity index (χ1n) is 19.2. The van der Waals surface area contributed by atoms with Crippen molar-refractivity contribution in [1.29, 1.82) is 0 Å². The molecule has 0 aromatic rings. The molecule has 48 heavy (non-hydrogen) atoms. The molecule has 4 rings (SSSR count). The number of esters is 2. The van der Waals surface area contributed by atoms with E-state index < -0.39 is 63.7 Å². The van der Waals surface area contributed by atoms with Crippen molar-refractivity contribution in [2.75, 3.05) is 6.61 Å². The van der Waals surface area contributed by atoms with Crippen molar-refractivity contribution >= 4 is 17.7 Å². The van der Waals surface area contributed by atoms with E-state index in [0.29, 0.717) is 24.0 Å². The van der Waals surface area contributed by atoms with E-state index in [-0.39, 0.29) is 31.8 Å². The Morgan fingerprint density at radius 1 is 0.833 bits per heavy atom. The zero-order valence-corrected chi connectivity index (χ0v) is 30.7. The van der Waals surface area contributed by atoms with E-state index in [4.69, 9.17) is 9.47 Å². The first-order valence-corrected chi connectivity index (χ1v) is 19.2. The van der Waals surface area contributed by atoms with Gasteiger partial charge in [-0.25, -0.2) is 0 Å². The van der Waals surface area contributed by atoms with Crippen LogP contribution in [0.5, 0.6) is 0 Å². The summed E-state index contributed by atoms with van der Waals surface area (Å²) in [6, 6.07) is 0. The molecule has 8 atom stereocenters. The average Bonchev–Trinajstić information content (AvgIpc) is 3.47. The van der Waals surface area contributed by atoms with Gasteiger partial charge < -0.3 is 24.8 Å². The molecule has 3 N–H and O–H groups in total. The molecule has 4 aliphatic carbocycles. The van der Waals surface area contributed by atoms with E-state index in [9.17, 15) is 29.7 Å². The van der Waals surface area contributed by atoms with Gasteiger partial charge in [0.25, 0.3) is 0 Å². The standard InChI is InChI=1S/C40H64O8/c1-7-9-11-13-15-17-19-21-32(42)47-36-28(4)39(46)30(24-29(26-41)25-38(45)31(39)23-27(3)35(38)44)34-37(5,6)40(34,36)48-33(43)22-20-18-16-14-12-10-8-2/h23-24,28,30-31,34,36,41,45-46H,7-22,25-26H2,1-6H3/t28-,30?,31?,34?,36-,38+,39-,40-/m1/s1. The molecule has 0 heterocycles. The van der Waals surface area contributed by atoms with Gasteiger partial charge in [0.2, 0.25) is 0 Å². The van der Waals surface area contributed by atoms with Gasteiger partial charge in [-0.05, 0) is 30.9 Å². The molecular formula is C40H64O8. The summed E-state index contributed by atoms with van der Waals surface area (Å²) in [5, 5.41) is 35.3. The van der Waals surface area contributed by atoms with Crippen molar-refractivity contribution in [3.8, 4) is 0 Å². The zero-order valence-electron chi connectivity index (χ0n) is 30.7. The molecule has 2 fully saturated rings. The number of fused-ring (bicyclic) bond motifs is 5. The van der Waals surface area contributed by atoms with Gasteiger partial charge >= 0.3 is 11.9 Å². The first-order chi connectivity index (χ1) is 22.8. The van der Waals surface area contributed by atoms with Crippen LogP contribution in [-0.4, -0.2) is 62.6 Å². The first kappa shape index (κ1) is 38.8. The van der Waals surface area contributed by atoms with E-state index in [1.807, 2.05) is 13.8 Å². The number of carbonyl (C=O) groups is 3. The number of carbonyl (C=O) groups excluding carboxylic acids is 3. The normalized spacial score (nSPS) is 34.7. The molecule has 8 nitrogen and oxygen atoms in total. The van der Waals surface area contributed by atoms with Crippen LogP contribution in [0, 0.1) is 29.1 Å². The number of hydrogen-bond donors (Lipinski definition) is 3. The molecule has 0 spiro atoms. The molecule has 0 aromatic carbocycles. The highest BCUT2D eigenvalue weighted by Crippen LogP contribution is 2.77. The topological polar surface area (TPSA) is 130 Å². The van der Waals surface area contributed by atoms with Crippen molar-refractivity contribution in [2.24, 2.45) is 29.1 Å². The van der Waals surface area contributed by atoms with Crippen LogP contribution in [0.4, 0.5) is 0 Å². The Kier molecular flexibility index (Phi) is 12.8. The Morgan fingerprint density at radius 3 is 1.90 bits per heavy atom. The molecule has 8 heteroatoms.